The van der Waals surface area contributed by atoms with Crippen molar-refractivity contribution in [1.82, 2.24) is 30.4 Å². The summed E-state index contributed by atoms with van der Waals surface area (Å²) in [5, 5.41) is 12.5. The molecule has 4 rings (SSSR count). The molecule has 0 fully saturated rings. The van der Waals surface area contributed by atoms with Gasteiger partial charge in [-0.2, -0.15) is 5.10 Å². The molecule has 7 heteroatoms. The maximum absolute atomic E-state index is 4.77. The number of rotatable bonds is 6. The van der Waals surface area contributed by atoms with Crippen molar-refractivity contribution < 1.29 is 0 Å². The number of para-hydroxylation sites is 1. The van der Waals surface area contributed by atoms with Crippen molar-refractivity contribution in [3.05, 3.63) is 48.2 Å². The largest absolute Gasteiger partial charge is 0.361 e. The summed E-state index contributed by atoms with van der Waals surface area (Å²) in [6, 6.07) is 8.79. The van der Waals surface area contributed by atoms with E-state index >= 15 is 0 Å². The predicted octanol–water partition coefficient (Wildman–Crippen LogP) is 2.26. The molecule has 7 nitrogen and oxygen atoms in total. The fourth-order valence-corrected chi connectivity index (χ4v) is 3.67. The summed E-state index contributed by atoms with van der Waals surface area (Å²) >= 11 is 0. The van der Waals surface area contributed by atoms with Gasteiger partial charge in [0.05, 0.1) is 6.54 Å². The molecule has 3 heterocycles. The Kier molecular flexibility index (Phi) is 5.37. The highest BCUT2D eigenvalue weighted by Gasteiger charge is 2.20. The van der Waals surface area contributed by atoms with E-state index in [0.717, 1.165) is 57.1 Å². The Bertz CT molecular complexity index is 908. The molecule has 0 radical (unpaired) electrons. The number of nitrogens with zero attached hydrogens (tertiary/aromatic N) is 4. The van der Waals surface area contributed by atoms with Crippen LogP contribution in [-0.4, -0.2) is 44.8 Å². The van der Waals surface area contributed by atoms with Gasteiger partial charge in [0.25, 0.3) is 0 Å². The van der Waals surface area contributed by atoms with E-state index in [4.69, 9.17) is 4.99 Å². The minimum Gasteiger partial charge on any atom is -0.361 e. The van der Waals surface area contributed by atoms with E-state index in [1.165, 1.54) is 16.5 Å². The first-order chi connectivity index (χ1) is 13.3. The number of hydrogen-bond donors (Lipinski definition) is 3. The normalized spacial score (nSPS) is 17.1. The van der Waals surface area contributed by atoms with Gasteiger partial charge < -0.3 is 15.6 Å². The van der Waals surface area contributed by atoms with Crippen LogP contribution in [0.15, 0.2) is 41.8 Å². The van der Waals surface area contributed by atoms with Crippen molar-refractivity contribution in [3.8, 4) is 0 Å². The second-order valence-electron chi connectivity index (χ2n) is 6.96. The Labute approximate surface area is 159 Å². The minimum atomic E-state index is 0.339. The Morgan fingerprint density at radius 3 is 3.22 bits per heavy atom. The van der Waals surface area contributed by atoms with E-state index in [9.17, 15) is 0 Å². The molecule has 0 aliphatic carbocycles. The SMILES string of the molecule is CCNC(=NCCCc1c[nH]c2ccccc12)NC1CCc2ncnn2C1. The lowest BCUT2D eigenvalue weighted by Gasteiger charge is -2.25. The van der Waals surface area contributed by atoms with Crippen molar-refractivity contribution in [1.29, 1.82) is 0 Å². The lowest BCUT2D eigenvalue weighted by Crippen LogP contribution is -2.47. The summed E-state index contributed by atoms with van der Waals surface area (Å²) in [6.07, 6.45) is 7.82. The Balaban J connectivity index is 1.31. The molecule has 1 aliphatic rings. The van der Waals surface area contributed by atoms with E-state index in [1.807, 2.05) is 4.68 Å². The minimum absolute atomic E-state index is 0.339. The highest BCUT2D eigenvalue weighted by atomic mass is 15.4. The van der Waals surface area contributed by atoms with E-state index in [2.05, 4.69) is 63.1 Å². The van der Waals surface area contributed by atoms with Crippen LogP contribution < -0.4 is 10.6 Å². The number of H-pyrrole nitrogens is 1. The van der Waals surface area contributed by atoms with Crippen LogP contribution >= 0.6 is 0 Å². The van der Waals surface area contributed by atoms with Crippen LogP contribution in [-0.2, 0) is 19.4 Å². The second-order valence-corrected chi connectivity index (χ2v) is 6.96. The molecular formula is C20H27N7. The Hall–Kier alpha value is -2.83. The molecule has 3 aromatic rings. The van der Waals surface area contributed by atoms with Crippen LogP contribution in [0.4, 0.5) is 0 Å². The quantitative estimate of drug-likeness (QED) is 0.355. The van der Waals surface area contributed by atoms with Crippen LogP contribution in [0.2, 0.25) is 0 Å². The van der Waals surface area contributed by atoms with E-state index in [0.29, 0.717) is 6.04 Å². The summed E-state index contributed by atoms with van der Waals surface area (Å²) in [5.41, 5.74) is 2.57. The molecule has 1 aliphatic heterocycles. The molecule has 1 atom stereocenters. The van der Waals surface area contributed by atoms with Crippen LogP contribution in [0.5, 0.6) is 0 Å². The molecule has 0 amide bonds. The molecule has 142 valence electrons. The first-order valence-corrected chi connectivity index (χ1v) is 9.80. The van der Waals surface area contributed by atoms with Gasteiger partial charge in [-0.05, 0) is 37.8 Å². The molecule has 0 saturated heterocycles. The maximum Gasteiger partial charge on any atom is 0.191 e. The molecule has 0 saturated carbocycles. The zero-order valence-corrected chi connectivity index (χ0v) is 15.8. The number of aliphatic imine (C=N–C) groups is 1. The predicted molar refractivity (Wildman–Crippen MR) is 108 cm³/mol. The van der Waals surface area contributed by atoms with Crippen molar-refractivity contribution in [2.75, 3.05) is 13.1 Å². The van der Waals surface area contributed by atoms with E-state index in [-0.39, 0.29) is 0 Å². The number of guanidine groups is 1. The van der Waals surface area contributed by atoms with Crippen molar-refractivity contribution in [3.63, 3.8) is 0 Å². The zero-order chi connectivity index (χ0) is 18.5. The van der Waals surface area contributed by atoms with Gasteiger partial charge in [-0.15, -0.1) is 0 Å². The molecule has 0 bridgehead atoms. The molecule has 1 unspecified atom stereocenters. The van der Waals surface area contributed by atoms with Crippen LogP contribution in [0.1, 0.15) is 31.2 Å². The lowest BCUT2D eigenvalue weighted by molar-refractivity contribution is 0.392. The molecule has 3 N–H and O–H groups in total. The van der Waals surface area contributed by atoms with Crippen LogP contribution in [0.25, 0.3) is 10.9 Å². The number of aryl methyl sites for hydroxylation is 2. The summed E-state index contributed by atoms with van der Waals surface area (Å²) in [4.78, 5) is 12.4. The molecule has 2 aromatic heterocycles. The van der Waals surface area contributed by atoms with Crippen LogP contribution in [0, 0.1) is 0 Å². The van der Waals surface area contributed by atoms with Gasteiger partial charge in [0.2, 0.25) is 0 Å². The summed E-state index contributed by atoms with van der Waals surface area (Å²) in [7, 11) is 0. The van der Waals surface area contributed by atoms with Crippen molar-refractivity contribution in [2.45, 2.75) is 45.2 Å². The third kappa shape index (κ3) is 4.13. The molecule has 1 aromatic carbocycles. The smallest absolute Gasteiger partial charge is 0.191 e. The fraction of sp³-hybridized carbons (Fsp3) is 0.450. The van der Waals surface area contributed by atoms with Gasteiger partial charge >= 0.3 is 0 Å². The molecule has 0 spiro atoms. The second kappa shape index (κ2) is 8.24. The van der Waals surface area contributed by atoms with Gasteiger partial charge in [0.1, 0.15) is 12.2 Å². The van der Waals surface area contributed by atoms with Crippen molar-refractivity contribution in [2.24, 2.45) is 4.99 Å². The number of benzene rings is 1. The third-order valence-corrected chi connectivity index (χ3v) is 5.04. The van der Waals surface area contributed by atoms with Crippen LogP contribution in [0.3, 0.4) is 0 Å². The standard InChI is InChI=1S/C20H27N7/c1-2-21-20(26-16-9-10-19-24-14-25-27(19)13-16)22-11-5-6-15-12-23-18-8-4-3-7-17(15)18/h3-4,7-8,12,14,16,23H,2,5-6,9-11,13H2,1H3,(H2,21,22,26). The summed E-state index contributed by atoms with van der Waals surface area (Å²) in [5.74, 6) is 1.97. The highest BCUT2D eigenvalue weighted by molar-refractivity contribution is 5.83. The first-order valence-electron chi connectivity index (χ1n) is 9.80. The monoisotopic (exact) mass is 365 g/mol. The zero-order valence-electron chi connectivity index (χ0n) is 15.8. The number of aromatic amines is 1. The van der Waals surface area contributed by atoms with Gasteiger partial charge in [-0.3, -0.25) is 4.99 Å². The number of hydrogen-bond acceptors (Lipinski definition) is 3. The van der Waals surface area contributed by atoms with Gasteiger partial charge in [-0.25, -0.2) is 9.67 Å². The third-order valence-electron chi connectivity index (χ3n) is 5.04. The lowest BCUT2D eigenvalue weighted by atomic mass is 10.1. The van der Waals surface area contributed by atoms with Gasteiger partial charge in [0, 0.05) is 42.7 Å². The van der Waals surface area contributed by atoms with Crippen molar-refractivity contribution >= 4 is 16.9 Å². The topological polar surface area (TPSA) is 82.9 Å². The average molecular weight is 365 g/mol. The van der Waals surface area contributed by atoms with Gasteiger partial charge in [0.15, 0.2) is 5.96 Å². The highest BCUT2D eigenvalue weighted by Crippen LogP contribution is 2.18. The summed E-state index contributed by atoms with van der Waals surface area (Å²) in [6.45, 7) is 4.60. The van der Waals surface area contributed by atoms with E-state index in [1.54, 1.807) is 6.33 Å². The molecular weight excluding hydrogens is 338 g/mol. The van der Waals surface area contributed by atoms with E-state index < -0.39 is 0 Å². The number of fused-ring (bicyclic) bond motifs is 2. The number of nitrogens with one attached hydrogen (secondary N) is 3. The average Bonchev–Trinajstić information content (AvgIpc) is 3.32. The first kappa shape index (κ1) is 17.6. The fourth-order valence-electron chi connectivity index (χ4n) is 3.67. The Morgan fingerprint density at radius 2 is 2.30 bits per heavy atom. The number of aromatic nitrogens is 4. The maximum atomic E-state index is 4.77. The Morgan fingerprint density at radius 1 is 1.37 bits per heavy atom. The van der Waals surface area contributed by atoms with Gasteiger partial charge in [-0.1, -0.05) is 18.2 Å². The molecule has 27 heavy (non-hydrogen) atoms. The summed E-state index contributed by atoms with van der Waals surface area (Å²) < 4.78 is 1.99.